The molecule has 0 amide bonds. The molecule has 0 fully saturated rings. The molecule has 4 heteroatoms. The molecular weight excluding hydrogens is 262 g/mol. The van der Waals surface area contributed by atoms with Crippen LogP contribution in [-0.4, -0.2) is 23.2 Å². The van der Waals surface area contributed by atoms with Crippen LogP contribution in [0.5, 0.6) is 5.75 Å². The number of aromatic nitrogens is 2. The van der Waals surface area contributed by atoms with Gasteiger partial charge in [-0.25, -0.2) is 4.98 Å². The van der Waals surface area contributed by atoms with E-state index in [0.717, 1.165) is 37.6 Å². The zero-order valence-electron chi connectivity index (χ0n) is 13.2. The first-order valence-electron chi connectivity index (χ1n) is 7.68. The lowest BCUT2D eigenvalue weighted by Gasteiger charge is -2.18. The highest BCUT2D eigenvalue weighted by Crippen LogP contribution is 2.22. The molecule has 0 aliphatic heterocycles. The lowest BCUT2D eigenvalue weighted by atomic mass is 10.0. The minimum atomic E-state index is 0.239. The van der Waals surface area contributed by atoms with E-state index < -0.39 is 0 Å². The van der Waals surface area contributed by atoms with E-state index >= 15 is 0 Å². The molecule has 1 unspecified atom stereocenters. The number of imidazole rings is 1. The minimum absolute atomic E-state index is 0.239. The number of hydrogen-bond donors (Lipinski definition) is 1. The van der Waals surface area contributed by atoms with Crippen LogP contribution in [0.15, 0.2) is 36.7 Å². The fourth-order valence-corrected chi connectivity index (χ4v) is 2.43. The van der Waals surface area contributed by atoms with Gasteiger partial charge in [-0.1, -0.05) is 19.1 Å². The predicted molar refractivity (Wildman–Crippen MR) is 85.6 cm³/mol. The predicted octanol–water partition coefficient (Wildman–Crippen LogP) is 3.20. The van der Waals surface area contributed by atoms with Gasteiger partial charge in [0.1, 0.15) is 11.6 Å². The van der Waals surface area contributed by atoms with E-state index in [4.69, 9.17) is 4.74 Å². The van der Waals surface area contributed by atoms with Gasteiger partial charge in [0.05, 0.1) is 6.61 Å². The molecule has 2 aromatic rings. The normalized spacial score (nSPS) is 12.3. The van der Waals surface area contributed by atoms with Crippen molar-refractivity contribution >= 4 is 0 Å². The lowest BCUT2D eigenvalue weighted by Crippen LogP contribution is -2.20. The number of hydrogen-bond acceptors (Lipinski definition) is 3. The number of likely N-dealkylation sites (N-methyl/N-ethyl adjacent to an activating group) is 1. The molecule has 1 N–H and O–H groups in total. The van der Waals surface area contributed by atoms with Gasteiger partial charge in [-0.15, -0.1) is 0 Å². The monoisotopic (exact) mass is 287 g/mol. The molecule has 0 saturated carbocycles. The average Bonchev–Trinajstić information content (AvgIpc) is 2.98. The van der Waals surface area contributed by atoms with E-state index in [1.165, 1.54) is 5.56 Å². The fraction of sp³-hybridized carbons (Fsp3) is 0.471. The van der Waals surface area contributed by atoms with Gasteiger partial charge in [-0.3, -0.25) is 0 Å². The standard InChI is InChI=1S/C17H25N3O/c1-4-11-21-15-8-6-7-14(12-15)16(18-3)13-17-19-9-10-20(17)5-2/h6-10,12,16,18H,4-5,11,13H2,1-3H3. The molecule has 0 bridgehead atoms. The second-order valence-corrected chi connectivity index (χ2v) is 5.10. The molecule has 0 radical (unpaired) electrons. The van der Waals surface area contributed by atoms with Gasteiger partial charge >= 0.3 is 0 Å². The molecule has 1 aromatic heterocycles. The van der Waals surface area contributed by atoms with Gasteiger partial charge in [0, 0.05) is 31.4 Å². The van der Waals surface area contributed by atoms with Crippen LogP contribution in [0.4, 0.5) is 0 Å². The van der Waals surface area contributed by atoms with E-state index in [-0.39, 0.29) is 6.04 Å². The summed E-state index contributed by atoms with van der Waals surface area (Å²) in [7, 11) is 1.99. The number of rotatable bonds is 8. The van der Waals surface area contributed by atoms with Crippen molar-refractivity contribution in [2.45, 2.75) is 39.3 Å². The Kier molecular flexibility index (Phi) is 5.81. The van der Waals surface area contributed by atoms with Gasteiger partial charge in [0.25, 0.3) is 0 Å². The average molecular weight is 287 g/mol. The van der Waals surface area contributed by atoms with E-state index in [0.29, 0.717) is 0 Å². The molecule has 0 spiro atoms. The molecule has 0 aliphatic rings. The summed E-state index contributed by atoms with van der Waals surface area (Å²) in [6.07, 6.45) is 5.79. The van der Waals surface area contributed by atoms with Crippen LogP contribution < -0.4 is 10.1 Å². The van der Waals surface area contributed by atoms with Gasteiger partial charge in [0.15, 0.2) is 0 Å². The van der Waals surface area contributed by atoms with E-state index in [9.17, 15) is 0 Å². The van der Waals surface area contributed by atoms with Crippen LogP contribution in [0.25, 0.3) is 0 Å². The van der Waals surface area contributed by atoms with Crippen LogP contribution in [0.2, 0.25) is 0 Å². The SMILES string of the molecule is CCCOc1cccc(C(Cc2nccn2CC)NC)c1. The Labute approximate surface area is 127 Å². The highest BCUT2D eigenvalue weighted by molar-refractivity contribution is 5.31. The van der Waals surface area contributed by atoms with Crippen molar-refractivity contribution in [3.05, 3.63) is 48.0 Å². The van der Waals surface area contributed by atoms with Gasteiger partial charge in [-0.2, -0.15) is 0 Å². The number of benzene rings is 1. The first-order valence-corrected chi connectivity index (χ1v) is 7.68. The largest absolute Gasteiger partial charge is 0.494 e. The summed E-state index contributed by atoms with van der Waals surface area (Å²) in [5.74, 6) is 2.05. The Hall–Kier alpha value is -1.81. The van der Waals surface area contributed by atoms with E-state index in [2.05, 4.69) is 46.9 Å². The Bertz CT molecular complexity index is 550. The van der Waals surface area contributed by atoms with Gasteiger partial charge < -0.3 is 14.6 Å². The van der Waals surface area contributed by atoms with Gasteiger partial charge in [-0.05, 0) is 38.1 Å². The third-order valence-corrected chi connectivity index (χ3v) is 3.61. The molecule has 4 nitrogen and oxygen atoms in total. The molecule has 2 rings (SSSR count). The third kappa shape index (κ3) is 4.08. The Morgan fingerprint density at radius 3 is 2.90 bits per heavy atom. The molecule has 0 aliphatic carbocycles. The molecule has 1 aromatic carbocycles. The van der Waals surface area contributed by atoms with Crippen LogP contribution in [0.3, 0.4) is 0 Å². The number of aryl methyl sites for hydroxylation is 1. The summed E-state index contributed by atoms with van der Waals surface area (Å²) in [4.78, 5) is 4.46. The number of nitrogens with zero attached hydrogens (tertiary/aromatic N) is 2. The number of nitrogens with one attached hydrogen (secondary N) is 1. The van der Waals surface area contributed by atoms with E-state index in [1.807, 2.05) is 25.5 Å². The highest BCUT2D eigenvalue weighted by Gasteiger charge is 2.14. The maximum absolute atomic E-state index is 5.72. The van der Waals surface area contributed by atoms with Crippen molar-refractivity contribution in [1.29, 1.82) is 0 Å². The van der Waals surface area contributed by atoms with Crippen molar-refractivity contribution in [3.63, 3.8) is 0 Å². The third-order valence-electron chi connectivity index (χ3n) is 3.61. The molecule has 21 heavy (non-hydrogen) atoms. The zero-order valence-corrected chi connectivity index (χ0v) is 13.2. The molecule has 1 heterocycles. The zero-order chi connectivity index (χ0) is 15.1. The summed E-state index contributed by atoms with van der Waals surface area (Å²) in [5, 5.41) is 3.38. The minimum Gasteiger partial charge on any atom is -0.494 e. The summed E-state index contributed by atoms with van der Waals surface area (Å²) in [6.45, 7) is 5.96. The van der Waals surface area contributed by atoms with Crippen molar-refractivity contribution in [2.24, 2.45) is 0 Å². The van der Waals surface area contributed by atoms with Crippen molar-refractivity contribution in [2.75, 3.05) is 13.7 Å². The molecule has 1 atom stereocenters. The second-order valence-electron chi connectivity index (χ2n) is 5.10. The number of ether oxygens (including phenoxy) is 1. The van der Waals surface area contributed by atoms with Crippen molar-refractivity contribution < 1.29 is 4.74 Å². The highest BCUT2D eigenvalue weighted by atomic mass is 16.5. The van der Waals surface area contributed by atoms with Gasteiger partial charge in [0.2, 0.25) is 0 Å². The maximum atomic E-state index is 5.72. The van der Waals surface area contributed by atoms with Crippen LogP contribution in [0.1, 0.15) is 37.7 Å². The maximum Gasteiger partial charge on any atom is 0.119 e. The van der Waals surface area contributed by atoms with Crippen LogP contribution in [-0.2, 0) is 13.0 Å². The van der Waals surface area contributed by atoms with Crippen molar-refractivity contribution in [3.8, 4) is 5.75 Å². The van der Waals surface area contributed by atoms with Crippen LogP contribution >= 0.6 is 0 Å². The first-order chi connectivity index (χ1) is 10.3. The first kappa shape index (κ1) is 15.6. The van der Waals surface area contributed by atoms with Crippen LogP contribution in [0, 0.1) is 0 Å². The Morgan fingerprint density at radius 2 is 2.19 bits per heavy atom. The summed E-state index contributed by atoms with van der Waals surface area (Å²) in [5.41, 5.74) is 1.23. The topological polar surface area (TPSA) is 39.1 Å². The lowest BCUT2D eigenvalue weighted by molar-refractivity contribution is 0.316. The summed E-state index contributed by atoms with van der Waals surface area (Å²) in [6, 6.07) is 8.56. The Morgan fingerprint density at radius 1 is 1.33 bits per heavy atom. The molecular formula is C17H25N3O. The van der Waals surface area contributed by atoms with E-state index in [1.54, 1.807) is 0 Å². The molecule has 0 saturated heterocycles. The molecule has 114 valence electrons. The smallest absolute Gasteiger partial charge is 0.119 e. The summed E-state index contributed by atoms with van der Waals surface area (Å²) < 4.78 is 7.90. The fourth-order valence-electron chi connectivity index (χ4n) is 2.43. The Balaban J connectivity index is 2.13. The quantitative estimate of drug-likeness (QED) is 0.810. The van der Waals surface area contributed by atoms with Crippen molar-refractivity contribution in [1.82, 2.24) is 14.9 Å². The summed E-state index contributed by atoms with van der Waals surface area (Å²) >= 11 is 0. The second kappa shape index (κ2) is 7.84.